The van der Waals surface area contributed by atoms with Gasteiger partial charge in [-0.3, -0.25) is 19.2 Å². The Bertz CT molecular complexity index is 1680. The zero-order valence-electron chi connectivity index (χ0n) is 28.5. The Morgan fingerprint density at radius 1 is 0.440 bits per heavy atom. The van der Waals surface area contributed by atoms with Gasteiger partial charge in [0, 0.05) is 71.2 Å². The highest BCUT2D eigenvalue weighted by atomic mass is 16.2. The summed E-state index contributed by atoms with van der Waals surface area (Å²) in [4.78, 5) is 66.6. The quantitative estimate of drug-likeness (QED) is 0.101. The van der Waals surface area contributed by atoms with Crippen molar-refractivity contribution in [3.63, 3.8) is 0 Å². The van der Waals surface area contributed by atoms with Gasteiger partial charge in [-0.15, -0.1) is 0 Å². The van der Waals surface area contributed by atoms with E-state index in [-0.39, 0.29) is 23.6 Å². The molecule has 0 aromatic heterocycles. The molecule has 4 aromatic rings. The normalized spacial score (nSPS) is 10.7. The molecular weight excluding hydrogens is 636 g/mol. The minimum absolute atomic E-state index is 0.0973. The summed E-state index contributed by atoms with van der Waals surface area (Å²) in [6.45, 7) is 1.28. The fraction of sp³-hybridized carbons (Fsp3) is 0.216. The summed E-state index contributed by atoms with van der Waals surface area (Å²) in [5, 5.41) is 16.7. The first-order chi connectivity index (χ1) is 23.9. The lowest BCUT2D eigenvalue weighted by Crippen LogP contribution is -2.21. The van der Waals surface area contributed by atoms with Crippen LogP contribution in [0.4, 0.5) is 38.9 Å². The fourth-order valence-electron chi connectivity index (χ4n) is 4.55. The zero-order valence-corrected chi connectivity index (χ0v) is 28.5. The number of carbonyl (C=O) groups is 5. The lowest BCUT2D eigenvalue weighted by atomic mass is 10.1. The third-order valence-electron chi connectivity index (χ3n) is 7.19. The minimum Gasteiger partial charge on any atom is -0.326 e. The van der Waals surface area contributed by atoms with Crippen molar-refractivity contribution in [2.45, 2.75) is 12.8 Å². The molecule has 4 rings (SSSR count). The monoisotopic (exact) mass is 678 g/mol. The molecule has 0 saturated heterocycles. The molecule has 0 heterocycles. The number of nitrogens with one attached hydrogen (secondary N) is 6. The summed E-state index contributed by atoms with van der Waals surface area (Å²) in [7, 11) is 7.60. The Kier molecular flexibility index (Phi) is 13.2. The van der Waals surface area contributed by atoms with E-state index in [1.807, 2.05) is 38.0 Å². The van der Waals surface area contributed by atoms with E-state index in [2.05, 4.69) is 31.9 Å². The van der Waals surface area contributed by atoms with Gasteiger partial charge in [0.15, 0.2) is 0 Å². The average Bonchev–Trinajstić information content (AvgIpc) is 3.08. The number of benzene rings is 4. The van der Waals surface area contributed by atoms with Crippen LogP contribution in [-0.4, -0.2) is 80.7 Å². The van der Waals surface area contributed by atoms with Gasteiger partial charge < -0.3 is 41.7 Å². The molecule has 0 atom stereocenters. The van der Waals surface area contributed by atoms with E-state index in [1.165, 1.54) is 0 Å². The Labute approximate surface area is 291 Å². The molecule has 0 radical (unpaired) electrons. The summed E-state index contributed by atoms with van der Waals surface area (Å²) < 4.78 is 0. The topological polar surface area (TPSA) is 164 Å². The standard InChI is InChI=1S/C37H42N8O5/c1-44(2)21-19-33(46)38-27-11-15-29(16-12-27)40-35(48)25-7-5-9-31(23-25)42-37(50)43-32-10-6-8-26(24-32)36(49)41-30-17-13-28(14-18-30)39-34(47)20-22-45(3)4/h5-18,23-24H,19-22H2,1-4H3,(H,38,46)(H,39,47)(H,40,48)(H,41,49)(H2,42,43,50). The van der Waals surface area contributed by atoms with Gasteiger partial charge in [-0.1, -0.05) is 12.1 Å². The minimum atomic E-state index is -0.563. The Morgan fingerprint density at radius 3 is 1.12 bits per heavy atom. The molecule has 0 unspecified atom stereocenters. The maximum atomic E-state index is 12.9. The van der Waals surface area contributed by atoms with Gasteiger partial charge in [-0.2, -0.15) is 0 Å². The SMILES string of the molecule is CN(C)CCC(=O)Nc1ccc(NC(=O)c2cccc(NC(=O)Nc3cccc(C(=O)Nc4ccc(NC(=O)CCN(C)C)cc4)c3)c2)cc1. The molecule has 13 heteroatoms. The second-order valence-corrected chi connectivity index (χ2v) is 12.0. The van der Waals surface area contributed by atoms with Crippen molar-refractivity contribution in [1.29, 1.82) is 0 Å². The van der Waals surface area contributed by atoms with Crippen molar-refractivity contribution in [3.8, 4) is 0 Å². The molecule has 0 fully saturated rings. The molecule has 0 bridgehead atoms. The number of rotatable bonds is 14. The highest BCUT2D eigenvalue weighted by molar-refractivity contribution is 6.07. The van der Waals surface area contributed by atoms with Crippen LogP contribution < -0.4 is 31.9 Å². The number of hydrogen-bond acceptors (Lipinski definition) is 7. The highest BCUT2D eigenvalue weighted by Gasteiger charge is 2.12. The number of urea groups is 1. The predicted molar refractivity (Wildman–Crippen MR) is 198 cm³/mol. The van der Waals surface area contributed by atoms with Crippen LogP contribution in [-0.2, 0) is 9.59 Å². The molecule has 13 nitrogen and oxygen atoms in total. The Morgan fingerprint density at radius 2 is 0.780 bits per heavy atom. The van der Waals surface area contributed by atoms with Crippen molar-refractivity contribution in [2.24, 2.45) is 0 Å². The van der Waals surface area contributed by atoms with Gasteiger partial charge in [0.2, 0.25) is 11.8 Å². The van der Waals surface area contributed by atoms with Gasteiger partial charge >= 0.3 is 6.03 Å². The van der Waals surface area contributed by atoms with E-state index in [0.717, 1.165) is 0 Å². The van der Waals surface area contributed by atoms with Crippen molar-refractivity contribution in [3.05, 3.63) is 108 Å². The van der Waals surface area contributed by atoms with E-state index >= 15 is 0 Å². The van der Waals surface area contributed by atoms with Crippen LogP contribution in [0.15, 0.2) is 97.1 Å². The largest absolute Gasteiger partial charge is 0.326 e. The molecule has 260 valence electrons. The zero-order chi connectivity index (χ0) is 36.0. The second-order valence-electron chi connectivity index (χ2n) is 12.0. The van der Waals surface area contributed by atoms with E-state index < -0.39 is 6.03 Å². The third-order valence-corrected chi connectivity index (χ3v) is 7.19. The molecule has 0 spiro atoms. The summed E-state index contributed by atoms with van der Waals surface area (Å²) in [5.41, 5.74) is 3.74. The number of anilines is 6. The fourth-order valence-corrected chi connectivity index (χ4v) is 4.55. The highest BCUT2D eigenvalue weighted by Crippen LogP contribution is 2.19. The third kappa shape index (κ3) is 12.2. The average molecular weight is 679 g/mol. The Hall–Kier alpha value is -6.05. The molecule has 6 amide bonds. The summed E-state index contributed by atoms with van der Waals surface area (Å²) in [6, 6.07) is 25.9. The predicted octanol–water partition coefficient (Wildman–Crippen LogP) is 5.62. The van der Waals surface area contributed by atoms with Gasteiger partial charge in [0.1, 0.15) is 0 Å². The van der Waals surface area contributed by atoms with Crippen LogP contribution in [0.1, 0.15) is 33.6 Å². The molecule has 4 aromatic carbocycles. The lowest BCUT2D eigenvalue weighted by molar-refractivity contribution is -0.117. The first-order valence-corrected chi connectivity index (χ1v) is 15.9. The van der Waals surface area contributed by atoms with Gasteiger partial charge in [0.25, 0.3) is 11.8 Å². The molecule has 0 saturated carbocycles. The van der Waals surface area contributed by atoms with Crippen molar-refractivity contribution >= 4 is 63.8 Å². The molecule has 50 heavy (non-hydrogen) atoms. The molecule has 0 aliphatic carbocycles. The van der Waals surface area contributed by atoms with Crippen LogP contribution in [0.25, 0.3) is 0 Å². The molecular formula is C37H42N8O5. The van der Waals surface area contributed by atoms with Crippen LogP contribution in [0, 0.1) is 0 Å². The number of amides is 6. The Balaban J connectivity index is 1.27. The van der Waals surface area contributed by atoms with E-state index in [4.69, 9.17) is 0 Å². The van der Waals surface area contributed by atoms with Crippen LogP contribution in [0.3, 0.4) is 0 Å². The van der Waals surface area contributed by atoms with Gasteiger partial charge in [-0.05, 0) is 113 Å². The molecule has 0 aliphatic rings. The van der Waals surface area contributed by atoms with Gasteiger partial charge in [0.05, 0.1) is 0 Å². The first kappa shape index (κ1) is 36.8. The van der Waals surface area contributed by atoms with Crippen LogP contribution in [0.5, 0.6) is 0 Å². The summed E-state index contributed by atoms with van der Waals surface area (Å²) in [6.07, 6.45) is 0.741. The van der Waals surface area contributed by atoms with Crippen LogP contribution >= 0.6 is 0 Å². The molecule has 0 aliphatic heterocycles. The van der Waals surface area contributed by atoms with Crippen LogP contribution in [0.2, 0.25) is 0 Å². The van der Waals surface area contributed by atoms with E-state index in [1.54, 1.807) is 97.1 Å². The number of hydrogen-bond donors (Lipinski definition) is 6. The van der Waals surface area contributed by atoms with E-state index in [9.17, 15) is 24.0 Å². The lowest BCUT2D eigenvalue weighted by Gasteiger charge is -2.12. The smallest absolute Gasteiger partial charge is 0.323 e. The number of nitrogens with zero attached hydrogens (tertiary/aromatic N) is 2. The van der Waals surface area contributed by atoms with Gasteiger partial charge in [-0.25, -0.2) is 4.79 Å². The second kappa shape index (κ2) is 17.9. The number of carbonyl (C=O) groups excluding carboxylic acids is 5. The van der Waals surface area contributed by atoms with E-state index in [0.29, 0.717) is 71.2 Å². The summed E-state index contributed by atoms with van der Waals surface area (Å²) >= 11 is 0. The van der Waals surface area contributed by atoms with Crippen molar-refractivity contribution < 1.29 is 24.0 Å². The first-order valence-electron chi connectivity index (χ1n) is 15.9. The maximum absolute atomic E-state index is 12.9. The summed E-state index contributed by atoms with van der Waals surface area (Å²) in [5.74, 6) is -0.954. The maximum Gasteiger partial charge on any atom is 0.323 e. The van der Waals surface area contributed by atoms with Crippen molar-refractivity contribution in [2.75, 3.05) is 73.2 Å². The molecule has 6 N–H and O–H groups in total. The van der Waals surface area contributed by atoms with Crippen molar-refractivity contribution in [1.82, 2.24) is 9.80 Å².